The summed E-state index contributed by atoms with van der Waals surface area (Å²) in [6.07, 6.45) is -0.349. The third-order valence-corrected chi connectivity index (χ3v) is 3.91. The van der Waals surface area contributed by atoms with Gasteiger partial charge in [-0.1, -0.05) is 0 Å². The van der Waals surface area contributed by atoms with Gasteiger partial charge in [0.05, 0.1) is 24.3 Å². The van der Waals surface area contributed by atoms with Gasteiger partial charge in [-0.05, 0) is 0 Å². The summed E-state index contributed by atoms with van der Waals surface area (Å²) in [6, 6.07) is 0. The molecule has 0 spiro atoms. The lowest BCUT2D eigenvalue weighted by molar-refractivity contribution is 0.185. The Labute approximate surface area is 114 Å². The summed E-state index contributed by atoms with van der Waals surface area (Å²) in [5.74, 6) is -0.0189. The van der Waals surface area contributed by atoms with E-state index >= 15 is 0 Å². The van der Waals surface area contributed by atoms with E-state index < -0.39 is 19.9 Å². The van der Waals surface area contributed by atoms with Gasteiger partial charge in [0.25, 0.3) is 5.56 Å². The molecule has 20 heavy (non-hydrogen) atoms. The molecule has 2 atom stereocenters. The zero-order chi connectivity index (χ0) is 14.8. The lowest BCUT2D eigenvalue weighted by atomic mass is 10.1. The predicted octanol–water partition coefficient (Wildman–Crippen LogP) is -1.59. The first-order chi connectivity index (χ1) is 9.37. The molecular formula is C10H17N4O5P. The molecule has 2 heterocycles. The van der Waals surface area contributed by atoms with Crippen LogP contribution in [0.5, 0.6) is 0 Å². The molecule has 9 nitrogen and oxygen atoms in total. The van der Waals surface area contributed by atoms with Gasteiger partial charge >= 0.3 is 7.60 Å². The number of aromatic amines is 1. The zero-order valence-electron chi connectivity index (χ0n) is 10.6. The van der Waals surface area contributed by atoms with E-state index in [-0.39, 0.29) is 18.0 Å². The van der Waals surface area contributed by atoms with Crippen LogP contribution in [0, 0.1) is 0 Å². The Bertz CT molecular complexity index is 571. The van der Waals surface area contributed by atoms with Crippen molar-refractivity contribution in [2.45, 2.75) is 12.0 Å². The first-order valence-electron chi connectivity index (χ1n) is 6.11. The van der Waals surface area contributed by atoms with E-state index in [1.54, 1.807) is 0 Å². The van der Waals surface area contributed by atoms with Gasteiger partial charge in [0, 0.05) is 25.6 Å². The monoisotopic (exact) mass is 304 g/mol. The second kappa shape index (κ2) is 6.02. The van der Waals surface area contributed by atoms with Gasteiger partial charge in [-0.3, -0.25) is 9.36 Å². The molecule has 6 N–H and O–H groups in total. The molecule has 10 heteroatoms. The molecule has 0 saturated carbocycles. The average molecular weight is 304 g/mol. The topological polar surface area (TPSA) is 148 Å². The summed E-state index contributed by atoms with van der Waals surface area (Å²) >= 11 is 0. The fraction of sp³-hybridized carbons (Fsp3) is 0.600. The van der Waals surface area contributed by atoms with Crippen molar-refractivity contribution in [2.75, 3.05) is 31.1 Å². The lowest BCUT2D eigenvalue weighted by Gasteiger charge is -2.15. The number of aliphatic hydroxyl groups excluding tert-OH is 1. The Morgan fingerprint density at radius 2 is 2.30 bits per heavy atom. The van der Waals surface area contributed by atoms with Crippen LogP contribution in [-0.2, 0) is 4.57 Å². The van der Waals surface area contributed by atoms with Gasteiger partial charge in [-0.2, -0.15) is 0 Å². The van der Waals surface area contributed by atoms with Crippen molar-refractivity contribution in [3.8, 4) is 0 Å². The average Bonchev–Trinajstić information content (AvgIpc) is 2.72. The number of aliphatic hydroxyl groups is 1. The first kappa shape index (κ1) is 15.1. The van der Waals surface area contributed by atoms with Crippen molar-refractivity contribution >= 4 is 13.3 Å². The number of anilines is 1. The highest BCUT2D eigenvalue weighted by Crippen LogP contribution is 2.34. The molecule has 0 radical (unpaired) electrons. The summed E-state index contributed by atoms with van der Waals surface area (Å²) in [5, 5.41) is 15.3. The van der Waals surface area contributed by atoms with Crippen molar-refractivity contribution in [1.29, 1.82) is 0 Å². The lowest BCUT2D eigenvalue weighted by Crippen LogP contribution is -2.32. The highest BCUT2D eigenvalue weighted by atomic mass is 31.2. The Kier molecular flexibility index (Phi) is 4.56. The van der Waals surface area contributed by atoms with Crippen LogP contribution in [0.3, 0.4) is 0 Å². The summed E-state index contributed by atoms with van der Waals surface area (Å²) in [4.78, 5) is 35.5. The molecule has 1 aliphatic heterocycles. The van der Waals surface area contributed by atoms with Crippen molar-refractivity contribution < 1.29 is 19.5 Å². The maximum absolute atomic E-state index is 11.5. The second-order valence-electron chi connectivity index (χ2n) is 4.73. The van der Waals surface area contributed by atoms with Gasteiger partial charge in [-0.25, -0.2) is 4.98 Å². The molecule has 0 fully saturated rings. The quantitative estimate of drug-likeness (QED) is 0.345. The SMILES string of the molecule is O=c1[nH]cnc2c1NCC2CNC[C@@H](O)CP(=O)(O)O. The Morgan fingerprint density at radius 3 is 3.00 bits per heavy atom. The van der Waals surface area contributed by atoms with Crippen molar-refractivity contribution in [3.05, 3.63) is 22.4 Å². The summed E-state index contributed by atoms with van der Waals surface area (Å²) in [5.41, 5.74) is 0.889. The molecule has 1 aromatic heterocycles. The second-order valence-corrected chi connectivity index (χ2v) is 6.42. The highest BCUT2D eigenvalue weighted by Gasteiger charge is 2.26. The van der Waals surface area contributed by atoms with Crippen LogP contribution < -0.4 is 16.2 Å². The van der Waals surface area contributed by atoms with E-state index in [1.807, 2.05) is 0 Å². The van der Waals surface area contributed by atoms with Crippen molar-refractivity contribution in [3.63, 3.8) is 0 Å². The van der Waals surface area contributed by atoms with Gasteiger partial charge in [-0.15, -0.1) is 0 Å². The number of H-pyrrole nitrogens is 1. The number of rotatable bonds is 6. The number of aromatic nitrogens is 2. The molecule has 1 aliphatic rings. The first-order valence-corrected chi connectivity index (χ1v) is 7.91. The molecule has 0 bridgehead atoms. The predicted molar refractivity (Wildman–Crippen MR) is 71.9 cm³/mol. The molecule has 1 aromatic rings. The molecular weight excluding hydrogens is 287 g/mol. The van der Waals surface area contributed by atoms with Crippen LogP contribution in [0.25, 0.3) is 0 Å². The number of nitrogens with one attached hydrogen (secondary N) is 3. The van der Waals surface area contributed by atoms with Gasteiger partial charge < -0.3 is 30.5 Å². The smallest absolute Gasteiger partial charge is 0.328 e. The number of hydrogen-bond donors (Lipinski definition) is 6. The van der Waals surface area contributed by atoms with Crippen molar-refractivity contribution in [2.24, 2.45) is 0 Å². The third kappa shape index (κ3) is 3.87. The normalized spacial score (nSPS) is 19.4. The zero-order valence-corrected chi connectivity index (χ0v) is 11.5. The molecule has 0 amide bonds. The Hall–Kier alpha value is -1.25. The highest BCUT2D eigenvalue weighted by molar-refractivity contribution is 7.51. The van der Waals surface area contributed by atoms with E-state index in [2.05, 4.69) is 20.6 Å². The van der Waals surface area contributed by atoms with Gasteiger partial charge in [0.15, 0.2) is 0 Å². The molecule has 0 aliphatic carbocycles. The van der Waals surface area contributed by atoms with Crippen LogP contribution in [-0.4, -0.2) is 56.8 Å². The molecule has 0 saturated heterocycles. The van der Waals surface area contributed by atoms with E-state index in [4.69, 9.17) is 9.79 Å². The molecule has 1 unspecified atom stereocenters. The van der Waals surface area contributed by atoms with E-state index in [9.17, 15) is 14.5 Å². The van der Waals surface area contributed by atoms with Crippen molar-refractivity contribution in [1.82, 2.24) is 15.3 Å². The van der Waals surface area contributed by atoms with Crippen LogP contribution in [0.15, 0.2) is 11.1 Å². The van der Waals surface area contributed by atoms with E-state index in [0.717, 1.165) is 0 Å². The third-order valence-electron chi connectivity index (χ3n) is 3.01. The minimum Gasteiger partial charge on any atom is -0.391 e. The van der Waals surface area contributed by atoms with Crippen LogP contribution >= 0.6 is 7.60 Å². The summed E-state index contributed by atoms with van der Waals surface area (Å²) in [7, 11) is -4.21. The number of hydrogen-bond acceptors (Lipinski definition) is 6. The standard InChI is InChI=1S/C10H17N4O5P/c15-7(4-20(17,18)19)3-11-1-6-2-12-9-8(6)13-5-14-10(9)16/h5-7,11-12,15H,1-4H2,(H,13,14,16)(H2,17,18,19)/t6?,7-/m1/s1. The van der Waals surface area contributed by atoms with Crippen LogP contribution in [0.1, 0.15) is 11.6 Å². The fourth-order valence-electron chi connectivity index (χ4n) is 2.15. The number of nitrogens with zero attached hydrogens (tertiary/aromatic N) is 1. The summed E-state index contributed by atoms with van der Waals surface area (Å²) < 4.78 is 10.7. The van der Waals surface area contributed by atoms with Crippen LogP contribution in [0.2, 0.25) is 0 Å². The summed E-state index contributed by atoms with van der Waals surface area (Å²) in [6.45, 7) is 1.08. The van der Waals surface area contributed by atoms with Gasteiger partial charge in [0.2, 0.25) is 0 Å². The van der Waals surface area contributed by atoms with E-state index in [1.165, 1.54) is 6.33 Å². The minimum absolute atomic E-state index is 0.0189. The fourth-order valence-corrected chi connectivity index (χ4v) is 2.83. The Morgan fingerprint density at radius 1 is 1.55 bits per heavy atom. The maximum atomic E-state index is 11.5. The van der Waals surface area contributed by atoms with Crippen LogP contribution in [0.4, 0.5) is 5.69 Å². The molecule has 112 valence electrons. The van der Waals surface area contributed by atoms with E-state index in [0.29, 0.717) is 24.5 Å². The van der Waals surface area contributed by atoms with Gasteiger partial charge in [0.1, 0.15) is 5.69 Å². The largest absolute Gasteiger partial charge is 0.391 e. The molecule has 2 rings (SSSR count). The Balaban J connectivity index is 1.84. The maximum Gasteiger partial charge on any atom is 0.328 e. The number of fused-ring (bicyclic) bond motifs is 1. The molecule has 0 aromatic carbocycles. The minimum atomic E-state index is -4.21.